The highest BCUT2D eigenvalue weighted by Crippen LogP contribution is 2.37. The van der Waals surface area contributed by atoms with Crippen LogP contribution in [0.1, 0.15) is 21.6 Å². The number of benzene rings is 4. The Morgan fingerprint density at radius 3 is 2.34 bits per heavy atom. The van der Waals surface area contributed by atoms with Gasteiger partial charge in [0.25, 0.3) is 5.91 Å². The summed E-state index contributed by atoms with van der Waals surface area (Å²) in [6, 6.07) is 26.2. The van der Waals surface area contributed by atoms with E-state index < -0.39 is 17.6 Å². The monoisotopic (exact) mass is 673 g/mol. The van der Waals surface area contributed by atoms with Gasteiger partial charge in [0, 0.05) is 53.4 Å². The molecule has 50 heavy (non-hydrogen) atoms. The van der Waals surface area contributed by atoms with Gasteiger partial charge < -0.3 is 24.5 Å². The van der Waals surface area contributed by atoms with Crippen molar-refractivity contribution in [3.63, 3.8) is 0 Å². The van der Waals surface area contributed by atoms with Gasteiger partial charge in [-0.3, -0.25) is 4.79 Å². The first-order valence-electron chi connectivity index (χ1n) is 15.5. The van der Waals surface area contributed by atoms with Crippen molar-refractivity contribution in [1.82, 2.24) is 24.1 Å². The maximum Gasteiger partial charge on any atom is 0.416 e. The first kappa shape index (κ1) is 32.1. The number of aromatic nitrogens is 5. The van der Waals surface area contributed by atoms with Crippen molar-refractivity contribution >= 4 is 28.3 Å². The molecular weight excluding hydrogens is 643 g/mol. The number of hydrogen-bond donors (Lipinski definition) is 2. The van der Waals surface area contributed by atoms with Crippen molar-refractivity contribution in [3.8, 4) is 39.5 Å². The molecule has 7 rings (SSSR count). The molecule has 0 aliphatic heterocycles. The van der Waals surface area contributed by atoms with Gasteiger partial charge in [-0.15, -0.1) is 0 Å². The van der Waals surface area contributed by atoms with Gasteiger partial charge in [0.1, 0.15) is 23.7 Å². The number of imidazole rings is 1. The zero-order chi connectivity index (χ0) is 35.0. The maximum atomic E-state index is 13.8. The van der Waals surface area contributed by atoms with Crippen LogP contribution in [0.2, 0.25) is 0 Å². The molecule has 0 bridgehead atoms. The second-order valence-electron chi connectivity index (χ2n) is 11.6. The predicted octanol–water partition coefficient (Wildman–Crippen LogP) is 8.57. The Labute approximate surface area is 285 Å². The first-order chi connectivity index (χ1) is 24.1. The average molecular weight is 674 g/mol. The molecule has 0 aliphatic rings. The topological polar surface area (TPSA) is 98.9 Å². The lowest BCUT2D eigenvalue weighted by Crippen LogP contribution is -2.15. The Hall–Kier alpha value is -6.43. The molecule has 0 aliphatic carbocycles. The second kappa shape index (κ2) is 12.9. The van der Waals surface area contributed by atoms with Crippen LogP contribution in [0.5, 0.6) is 5.75 Å². The number of aryl methyl sites for hydroxylation is 1. The van der Waals surface area contributed by atoms with Crippen molar-refractivity contribution in [3.05, 3.63) is 133 Å². The molecule has 0 unspecified atom stereocenters. The van der Waals surface area contributed by atoms with Gasteiger partial charge in [0.2, 0.25) is 0 Å². The minimum Gasteiger partial charge on any atom is -0.497 e. The van der Waals surface area contributed by atoms with Crippen LogP contribution in [0.4, 0.5) is 24.7 Å². The minimum atomic E-state index is -4.65. The summed E-state index contributed by atoms with van der Waals surface area (Å²) >= 11 is 0. The van der Waals surface area contributed by atoms with Gasteiger partial charge in [-0.1, -0.05) is 36.4 Å². The number of rotatable bonds is 8. The lowest BCUT2D eigenvalue weighted by atomic mass is 10.0. The van der Waals surface area contributed by atoms with Gasteiger partial charge >= 0.3 is 6.18 Å². The lowest BCUT2D eigenvalue weighted by molar-refractivity contribution is -0.137. The Balaban J connectivity index is 1.25. The number of ether oxygens (including phenoxy) is 1. The lowest BCUT2D eigenvalue weighted by Gasteiger charge is -2.13. The summed E-state index contributed by atoms with van der Waals surface area (Å²) in [7, 11) is 3.42. The van der Waals surface area contributed by atoms with Crippen molar-refractivity contribution < 1.29 is 22.7 Å². The number of amides is 1. The standard InChI is InChI=1S/C38H30F3N7O2/c1-23-19-47(22-45-23)30-15-27(13-28(17-30)38(39,40)41)37(49)46-29-6-4-5-25(14-29)26-9-12-32-33(24-7-10-31(50-3)11-8-24)20-48(34(32)16-26)36-18-35(42-2)43-21-44-36/h4-22H,1-3H3,(H,46,49)(H,42,43,44). The molecule has 4 aromatic carbocycles. The van der Waals surface area contributed by atoms with Crippen LogP contribution in [0, 0.1) is 6.92 Å². The fraction of sp³-hybridized carbons (Fsp3) is 0.105. The highest BCUT2D eigenvalue weighted by atomic mass is 19.4. The molecule has 0 saturated heterocycles. The van der Waals surface area contributed by atoms with Crippen LogP contribution in [-0.2, 0) is 6.18 Å². The van der Waals surface area contributed by atoms with E-state index in [1.54, 1.807) is 45.5 Å². The van der Waals surface area contributed by atoms with Crippen LogP contribution in [-0.4, -0.2) is 44.2 Å². The van der Waals surface area contributed by atoms with Crippen LogP contribution >= 0.6 is 0 Å². The van der Waals surface area contributed by atoms with Crippen molar-refractivity contribution in [2.45, 2.75) is 13.1 Å². The summed E-state index contributed by atoms with van der Waals surface area (Å²) in [4.78, 5) is 26.3. The van der Waals surface area contributed by atoms with Gasteiger partial charge in [0.05, 0.1) is 30.2 Å². The summed E-state index contributed by atoms with van der Waals surface area (Å²) in [6.07, 6.45) is 1.89. The van der Waals surface area contributed by atoms with E-state index in [1.165, 1.54) is 23.3 Å². The molecule has 3 aromatic heterocycles. The van der Waals surface area contributed by atoms with E-state index in [0.29, 0.717) is 23.0 Å². The number of hydrogen-bond acceptors (Lipinski definition) is 6. The Bertz CT molecular complexity index is 2360. The smallest absolute Gasteiger partial charge is 0.416 e. The molecule has 0 saturated carbocycles. The van der Waals surface area contributed by atoms with E-state index in [1.807, 2.05) is 65.4 Å². The second-order valence-corrected chi connectivity index (χ2v) is 11.6. The fourth-order valence-corrected chi connectivity index (χ4v) is 5.81. The molecule has 0 atom stereocenters. The van der Waals surface area contributed by atoms with Gasteiger partial charge in [-0.2, -0.15) is 13.2 Å². The Morgan fingerprint density at radius 2 is 1.62 bits per heavy atom. The molecule has 12 heteroatoms. The largest absolute Gasteiger partial charge is 0.497 e. The van der Waals surface area contributed by atoms with E-state index in [2.05, 4.69) is 25.6 Å². The van der Waals surface area contributed by atoms with Crippen LogP contribution < -0.4 is 15.4 Å². The third-order valence-electron chi connectivity index (χ3n) is 8.33. The summed E-state index contributed by atoms with van der Waals surface area (Å²) in [5.74, 6) is 1.40. The maximum absolute atomic E-state index is 13.8. The van der Waals surface area contributed by atoms with E-state index in [9.17, 15) is 18.0 Å². The number of halogens is 3. The van der Waals surface area contributed by atoms with Gasteiger partial charge in [-0.25, -0.2) is 15.0 Å². The molecule has 0 radical (unpaired) electrons. The SMILES string of the molecule is CNc1cc(-n2cc(-c3ccc(OC)cc3)c3ccc(-c4cccc(NC(=O)c5cc(-n6cnc(C)c6)cc(C(F)(F)F)c5)c4)cc32)ncn1. The third-order valence-corrected chi connectivity index (χ3v) is 8.33. The number of nitrogens with one attached hydrogen (secondary N) is 2. The van der Waals surface area contributed by atoms with Gasteiger partial charge in [-0.05, 0) is 72.1 Å². The van der Waals surface area contributed by atoms with Crippen LogP contribution in [0.15, 0.2) is 116 Å². The molecular formula is C38H30F3N7O2. The fourth-order valence-electron chi connectivity index (χ4n) is 5.81. The summed E-state index contributed by atoms with van der Waals surface area (Å²) in [5, 5.41) is 6.83. The summed E-state index contributed by atoms with van der Waals surface area (Å²) in [6.45, 7) is 1.73. The quantitative estimate of drug-likeness (QED) is 0.168. The van der Waals surface area contributed by atoms with E-state index in [-0.39, 0.29) is 11.3 Å². The molecule has 0 fully saturated rings. The minimum absolute atomic E-state index is 0.136. The molecule has 9 nitrogen and oxygen atoms in total. The van der Waals surface area contributed by atoms with E-state index >= 15 is 0 Å². The van der Waals surface area contributed by atoms with Crippen LogP contribution in [0.25, 0.3) is 44.7 Å². The van der Waals surface area contributed by atoms with Crippen molar-refractivity contribution in [2.24, 2.45) is 0 Å². The summed E-state index contributed by atoms with van der Waals surface area (Å²) < 4.78 is 50.3. The number of carbonyl (C=O) groups excluding carboxylic acids is 1. The van der Waals surface area contributed by atoms with E-state index in [0.717, 1.165) is 51.0 Å². The van der Waals surface area contributed by atoms with Gasteiger partial charge in [0.15, 0.2) is 0 Å². The number of methoxy groups -OCH3 is 1. The number of anilines is 2. The molecule has 0 spiro atoms. The number of fused-ring (bicyclic) bond motifs is 1. The molecule has 3 heterocycles. The van der Waals surface area contributed by atoms with Crippen LogP contribution in [0.3, 0.4) is 0 Å². The molecule has 7 aromatic rings. The predicted molar refractivity (Wildman–Crippen MR) is 187 cm³/mol. The zero-order valence-corrected chi connectivity index (χ0v) is 27.2. The normalized spacial score (nSPS) is 11.5. The Kier molecular flexibility index (Phi) is 8.28. The summed E-state index contributed by atoms with van der Waals surface area (Å²) in [5.41, 5.74) is 4.68. The van der Waals surface area contributed by atoms with E-state index in [4.69, 9.17) is 4.74 Å². The Morgan fingerprint density at radius 1 is 0.840 bits per heavy atom. The highest BCUT2D eigenvalue weighted by Gasteiger charge is 2.32. The number of nitrogens with zero attached hydrogens (tertiary/aromatic N) is 5. The molecule has 1 amide bonds. The number of alkyl halides is 3. The first-order valence-corrected chi connectivity index (χ1v) is 15.5. The van der Waals surface area contributed by atoms with Crippen molar-refractivity contribution in [2.75, 3.05) is 24.8 Å². The molecule has 250 valence electrons. The zero-order valence-electron chi connectivity index (χ0n) is 27.2. The highest BCUT2D eigenvalue weighted by molar-refractivity contribution is 6.05. The van der Waals surface area contributed by atoms with Crippen molar-refractivity contribution in [1.29, 1.82) is 0 Å². The third kappa shape index (κ3) is 6.38. The average Bonchev–Trinajstić information content (AvgIpc) is 3.75. The molecule has 2 N–H and O–H groups in total. The number of carbonyl (C=O) groups is 1.